The summed E-state index contributed by atoms with van der Waals surface area (Å²) in [5.74, 6) is -0.127. The van der Waals surface area contributed by atoms with Gasteiger partial charge in [0.25, 0.3) is 0 Å². The van der Waals surface area contributed by atoms with Crippen molar-refractivity contribution in [2.75, 3.05) is 45.4 Å². The number of anilines is 1. The number of piperazine rings is 1. The third-order valence-corrected chi connectivity index (χ3v) is 7.78. The predicted octanol–water partition coefficient (Wildman–Crippen LogP) is 4.78. The van der Waals surface area contributed by atoms with Crippen LogP contribution in [0.25, 0.3) is 32.8 Å². The van der Waals surface area contributed by atoms with E-state index in [0.29, 0.717) is 58.6 Å². The van der Waals surface area contributed by atoms with Crippen molar-refractivity contribution < 1.29 is 13.9 Å². The number of hydrogen-bond donors (Lipinski definition) is 1. The first-order chi connectivity index (χ1) is 18.2. The molecule has 1 saturated heterocycles. The molecule has 1 aliphatic heterocycles. The first kappa shape index (κ1) is 26.0. The Bertz CT molecular complexity index is 1620. The summed E-state index contributed by atoms with van der Waals surface area (Å²) in [6.07, 6.45) is 0. The second-order valence-corrected chi connectivity index (χ2v) is 10.6. The topological polar surface area (TPSA) is 86.5 Å². The maximum absolute atomic E-state index is 16.9. The summed E-state index contributed by atoms with van der Waals surface area (Å²) in [7, 11) is 3.67. The average Bonchev–Trinajstić information content (AvgIpc) is 3.26. The van der Waals surface area contributed by atoms with E-state index in [1.807, 2.05) is 23.3 Å². The van der Waals surface area contributed by atoms with Crippen molar-refractivity contribution in [2.45, 2.75) is 45.8 Å². The number of fused-ring (bicyclic) bond motifs is 4. The lowest BCUT2D eigenvalue weighted by atomic mass is 10.0. The zero-order chi connectivity index (χ0) is 27.3. The molecule has 3 heterocycles. The summed E-state index contributed by atoms with van der Waals surface area (Å²) in [4.78, 5) is 21.6. The second-order valence-electron chi connectivity index (χ2n) is 10.6. The van der Waals surface area contributed by atoms with Crippen molar-refractivity contribution in [1.82, 2.24) is 14.5 Å². The van der Waals surface area contributed by atoms with Gasteiger partial charge in [0.2, 0.25) is 0 Å². The molecule has 2 unspecified atom stereocenters. The molecule has 38 heavy (non-hydrogen) atoms. The van der Waals surface area contributed by atoms with Gasteiger partial charge < -0.3 is 23.9 Å². The molecule has 8 nitrogen and oxygen atoms in total. The molecular formula is C29H34FN5O3. The minimum Gasteiger partial charge on any atom is -0.489 e. The highest BCUT2D eigenvalue weighted by molar-refractivity contribution is 6.10. The minimum absolute atomic E-state index is 0.156. The lowest BCUT2D eigenvalue weighted by molar-refractivity contribution is 0.145. The Labute approximate surface area is 221 Å². The molecule has 4 aromatic rings. The molecule has 1 fully saturated rings. The third-order valence-electron chi connectivity index (χ3n) is 7.78. The fourth-order valence-corrected chi connectivity index (χ4v) is 5.67. The van der Waals surface area contributed by atoms with E-state index < -0.39 is 5.82 Å². The Morgan fingerprint density at radius 1 is 1.16 bits per heavy atom. The number of pyridine rings is 1. The van der Waals surface area contributed by atoms with Crippen LogP contribution in [0.4, 0.5) is 10.1 Å². The number of halogens is 1. The van der Waals surface area contributed by atoms with E-state index in [9.17, 15) is 10.1 Å². The Morgan fingerprint density at radius 2 is 1.87 bits per heavy atom. The normalized spacial score (nSPS) is 18.7. The van der Waals surface area contributed by atoms with Crippen LogP contribution in [0.5, 0.6) is 5.75 Å². The van der Waals surface area contributed by atoms with Crippen LogP contribution in [0.15, 0.2) is 29.1 Å². The fraction of sp³-hybridized carbons (Fsp3) is 0.448. The number of methoxy groups -OCH3 is 1. The molecular weight excluding hydrogens is 485 g/mol. The standard InChI is InChI=1S/C29H34FN5O3/c1-16(2)35-26-21(28(36)24-20-8-7-19(13-31)11-22(20)32-29(24)35)12-23(38-10-9-37-6)27(25(26)30)34-14-17(3)33(5)18(4)15-34/h7-8,11-12,16-18,32H,9-10,14-15H2,1-6H3. The molecule has 0 radical (unpaired) electrons. The van der Waals surface area contributed by atoms with E-state index in [1.165, 1.54) is 0 Å². The first-order valence-corrected chi connectivity index (χ1v) is 13.0. The molecule has 0 spiro atoms. The van der Waals surface area contributed by atoms with Gasteiger partial charge in [0.15, 0.2) is 11.2 Å². The van der Waals surface area contributed by atoms with Crippen molar-refractivity contribution in [3.8, 4) is 11.8 Å². The Hall–Kier alpha value is -3.61. The van der Waals surface area contributed by atoms with Crippen LogP contribution < -0.4 is 15.1 Å². The highest BCUT2D eigenvalue weighted by atomic mass is 19.1. The Kier molecular flexibility index (Phi) is 6.80. The minimum atomic E-state index is -0.470. The SMILES string of the molecule is COCCOc1cc2c(=O)c3c4ccc(C#N)cc4[nH]c3n(C(C)C)c2c(F)c1N1CC(C)N(C)C(C)C1. The zero-order valence-electron chi connectivity index (χ0n) is 22.8. The molecule has 200 valence electrons. The smallest absolute Gasteiger partial charge is 0.199 e. The number of ether oxygens (including phenoxy) is 2. The van der Waals surface area contributed by atoms with E-state index in [2.05, 4.69) is 36.8 Å². The van der Waals surface area contributed by atoms with Crippen molar-refractivity contribution >= 4 is 38.5 Å². The summed E-state index contributed by atoms with van der Waals surface area (Å²) in [5, 5.41) is 10.8. The zero-order valence-corrected chi connectivity index (χ0v) is 22.8. The number of rotatable bonds is 6. The highest BCUT2D eigenvalue weighted by Gasteiger charge is 2.32. The van der Waals surface area contributed by atoms with E-state index in [4.69, 9.17) is 9.47 Å². The predicted molar refractivity (Wildman–Crippen MR) is 149 cm³/mol. The number of likely N-dealkylation sites (N-methyl/N-ethyl adjacent to an activating group) is 1. The van der Waals surface area contributed by atoms with Crippen LogP contribution in [-0.4, -0.2) is 67.0 Å². The van der Waals surface area contributed by atoms with Gasteiger partial charge in [0.1, 0.15) is 23.7 Å². The van der Waals surface area contributed by atoms with Gasteiger partial charge >= 0.3 is 0 Å². The molecule has 5 rings (SSSR count). The number of hydrogen-bond acceptors (Lipinski definition) is 6. The molecule has 9 heteroatoms. The maximum Gasteiger partial charge on any atom is 0.199 e. The number of aromatic nitrogens is 2. The fourth-order valence-electron chi connectivity index (χ4n) is 5.67. The summed E-state index contributed by atoms with van der Waals surface area (Å²) in [6, 6.07) is 9.28. The van der Waals surface area contributed by atoms with Crippen molar-refractivity contribution in [3.05, 3.63) is 45.9 Å². The van der Waals surface area contributed by atoms with Crippen LogP contribution in [0.1, 0.15) is 39.3 Å². The number of benzene rings is 2. The molecule has 0 bridgehead atoms. The van der Waals surface area contributed by atoms with E-state index in [1.54, 1.807) is 31.4 Å². The van der Waals surface area contributed by atoms with Crippen molar-refractivity contribution in [3.63, 3.8) is 0 Å². The van der Waals surface area contributed by atoms with Crippen molar-refractivity contribution in [2.24, 2.45) is 0 Å². The molecule has 1 N–H and O–H groups in total. The molecule has 0 aliphatic carbocycles. The molecule has 2 atom stereocenters. The van der Waals surface area contributed by atoms with E-state index >= 15 is 4.39 Å². The van der Waals surface area contributed by atoms with Gasteiger partial charge in [-0.05, 0) is 52.9 Å². The van der Waals surface area contributed by atoms with Gasteiger partial charge in [-0.2, -0.15) is 5.26 Å². The van der Waals surface area contributed by atoms with Crippen LogP contribution in [-0.2, 0) is 4.74 Å². The Balaban J connectivity index is 1.86. The lowest BCUT2D eigenvalue weighted by Crippen LogP contribution is -2.55. The number of nitrogens with one attached hydrogen (secondary N) is 1. The van der Waals surface area contributed by atoms with Crippen LogP contribution >= 0.6 is 0 Å². The summed E-state index contributed by atoms with van der Waals surface area (Å²) in [6.45, 7) is 10.0. The summed E-state index contributed by atoms with van der Waals surface area (Å²) < 4.78 is 30.0. The summed E-state index contributed by atoms with van der Waals surface area (Å²) in [5.41, 5.74) is 2.04. The van der Waals surface area contributed by atoms with E-state index in [0.717, 1.165) is 0 Å². The average molecular weight is 520 g/mol. The molecule has 2 aromatic carbocycles. The van der Waals surface area contributed by atoms with Crippen molar-refractivity contribution in [1.29, 1.82) is 5.26 Å². The molecule has 1 aliphatic rings. The van der Waals surface area contributed by atoms with Gasteiger partial charge in [-0.3, -0.25) is 9.69 Å². The lowest BCUT2D eigenvalue weighted by Gasteiger charge is -2.44. The van der Waals surface area contributed by atoms with Gasteiger partial charge in [0.05, 0.1) is 34.5 Å². The van der Waals surface area contributed by atoms with E-state index in [-0.39, 0.29) is 41.1 Å². The maximum atomic E-state index is 16.9. The van der Waals surface area contributed by atoms with Gasteiger partial charge in [0, 0.05) is 49.2 Å². The van der Waals surface area contributed by atoms with Crippen LogP contribution in [0, 0.1) is 17.1 Å². The highest BCUT2D eigenvalue weighted by Crippen LogP contribution is 2.40. The largest absolute Gasteiger partial charge is 0.489 e. The Morgan fingerprint density at radius 3 is 2.50 bits per heavy atom. The van der Waals surface area contributed by atoms with Crippen LogP contribution in [0.2, 0.25) is 0 Å². The first-order valence-electron chi connectivity index (χ1n) is 13.0. The van der Waals surface area contributed by atoms with Gasteiger partial charge in [-0.15, -0.1) is 0 Å². The number of nitrogens with zero attached hydrogens (tertiary/aromatic N) is 4. The van der Waals surface area contributed by atoms with Gasteiger partial charge in [-0.25, -0.2) is 4.39 Å². The van der Waals surface area contributed by atoms with Crippen LogP contribution in [0.3, 0.4) is 0 Å². The molecule has 0 saturated carbocycles. The quantitative estimate of drug-likeness (QED) is 0.369. The molecule has 0 amide bonds. The summed E-state index contributed by atoms with van der Waals surface area (Å²) >= 11 is 0. The third kappa shape index (κ3) is 4.08. The monoisotopic (exact) mass is 519 g/mol. The van der Waals surface area contributed by atoms with Gasteiger partial charge in [-0.1, -0.05) is 6.07 Å². The molecule has 2 aromatic heterocycles. The second kappa shape index (κ2) is 9.93. The number of nitriles is 1. The number of H-pyrrole nitrogens is 1. The number of aromatic amines is 1.